The zero-order chi connectivity index (χ0) is 14.4. The Balaban J connectivity index is 2.71. The third-order valence-electron chi connectivity index (χ3n) is 2.28. The average Bonchev–Trinajstić information content (AvgIpc) is 2.34. The highest BCUT2D eigenvalue weighted by atomic mass is 16.5. The van der Waals surface area contributed by atoms with Crippen LogP contribution in [-0.2, 0) is 4.79 Å². The Hall–Kier alpha value is -2.38. The first-order chi connectivity index (χ1) is 8.96. The van der Waals surface area contributed by atoms with E-state index in [9.17, 15) is 9.59 Å². The van der Waals surface area contributed by atoms with Crippen LogP contribution in [0.5, 0.6) is 5.88 Å². The quantitative estimate of drug-likeness (QED) is 0.727. The van der Waals surface area contributed by atoms with E-state index in [4.69, 9.17) is 9.84 Å². The lowest BCUT2D eigenvalue weighted by atomic mass is 10.2. The number of amides is 2. The van der Waals surface area contributed by atoms with Gasteiger partial charge in [0.25, 0.3) is 0 Å². The standard InChI is InChI=1S/C11H16N4O4/c1-4-7(9(16)17)13-11(18)15-10-12-6(2)5-8(14-10)19-3/h5,7H,4H2,1-3H3,(H,16,17)(H2,12,13,14,15,18)/t7-/m1/s1. The maximum absolute atomic E-state index is 11.6. The number of nitrogens with one attached hydrogen (secondary N) is 2. The second kappa shape index (κ2) is 6.53. The van der Waals surface area contributed by atoms with Crippen molar-refractivity contribution in [3.8, 4) is 5.88 Å². The van der Waals surface area contributed by atoms with E-state index in [1.165, 1.54) is 7.11 Å². The predicted octanol–water partition coefficient (Wildman–Crippen LogP) is 0.778. The molecule has 0 aliphatic carbocycles. The van der Waals surface area contributed by atoms with E-state index < -0.39 is 18.0 Å². The van der Waals surface area contributed by atoms with Gasteiger partial charge in [0.15, 0.2) is 0 Å². The lowest BCUT2D eigenvalue weighted by molar-refractivity contribution is -0.139. The molecule has 1 rings (SSSR count). The topological polar surface area (TPSA) is 113 Å². The molecular formula is C11H16N4O4. The molecule has 19 heavy (non-hydrogen) atoms. The van der Waals surface area contributed by atoms with Gasteiger partial charge in [-0.15, -0.1) is 0 Å². The average molecular weight is 268 g/mol. The van der Waals surface area contributed by atoms with Crippen molar-refractivity contribution in [2.45, 2.75) is 26.3 Å². The first-order valence-corrected chi connectivity index (χ1v) is 5.66. The molecule has 0 saturated heterocycles. The van der Waals surface area contributed by atoms with Gasteiger partial charge in [-0.2, -0.15) is 4.98 Å². The minimum atomic E-state index is -1.10. The van der Waals surface area contributed by atoms with Crippen molar-refractivity contribution in [3.05, 3.63) is 11.8 Å². The molecule has 0 saturated carbocycles. The number of carbonyl (C=O) groups excluding carboxylic acids is 1. The number of rotatable bonds is 5. The molecule has 0 aliphatic rings. The number of nitrogens with zero attached hydrogens (tertiary/aromatic N) is 2. The van der Waals surface area contributed by atoms with Gasteiger partial charge >= 0.3 is 12.0 Å². The monoisotopic (exact) mass is 268 g/mol. The molecule has 0 aliphatic heterocycles. The van der Waals surface area contributed by atoms with Gasteiger partial charge in [0, 0.05) is 11.8 Å². The number of ether oxygens (including phenoxy) is 1. The number of hydrogen-bond donors (Lipinski definition) is 3. The minimum Gasteiger partial charge on any atom is -0.481 e. The number of carboxylic acid groups (broad SMARTS) is 1. The number of aryl methyl sites for hydroxylation is 1. The highest BCUT2D eigenvalue weighted by Gasteiger charge is 2.18. The van der Waals surface area contributed by atoms with Crippen molar-refractivity contribution >= 4 is 17.9 Å². The second-order valence-corrected chi connectivity index (χ2v) is 3.77. The summed E-state index contributed by atoms with van der Waals surface area (Å²) in [5.74, 6) is -0.733. The summed E-state index contributed by atoms with van der Waals surface area (Å²) in [6, 6.07) is -0.0246. The molecule has 0 unspecified atom stereocenters. The van der Waals surface area contributed by atoms with Gasteiger partial charge in [-0.3, -0.25) is 5.32 Å². The third-order valence-corrected chi connectivity index (χ3v) is 2.28. The van der Waals surface area contributed by atoms with Crippen LogP contribution in [0, 0.1) is 6.92 Å². The van der Waals surface area contributed by atoms with E-state index in [1.807, 2.05) is 0 Å². The minimum absolute atomic E-state index is 0.0505. The smallest absolute Gasteiger partial charge is 0.326 e. The van der Waals surface area contributed by atoms with E-state index in [1.54, 1.807) is 19.9 Å². The number of carbonyl (C=O) groups is 2. The van der Waals surface area contributed by atoms with Crippen LogP contribution in [0.4, 0.5) is 10.7 Å². The largest absolute Gasteiger partial charge is 0.481 e. The third kappa shape index (κ3) is 4.41. The molecule has 104 valence electrons. The first-order valence-electron chi connectivity index (χ1n) is 5.66. The molecule has 2 amide bonds. The van der Waals surface area contributed by atoms with Gasteiger partial charge < -0.3 is 15.2 Å². The van der Waals surface area contributed by atoms with Crippen LogP contribution in [0.15, 0.2) is 6.07 Å². The number of aliphatic carboxylic acids is 1. The van der Waals surface area contributed by atoms with Gasteiger partial charge in [-0.25, -0.2) is 14.6 Å². The Morgan fingerprint density at radius 1 is 1.47 bits per heavy atom. The Morgan fingerprint density at radius 2 is 2.16 bits per heavy atom. The van der Waals surface area contributed by atoms with Gasteiger partial charge in [-0.05, 0) is 13.3 Å². The molecule has 0 aromatic carbocycles. The maximum atomic E-state index is 11.6. The summed E-state index contributed by atoms with van der Waals surface area (Å²) in [5, 5.41) is 13.5. The number of hydrogen-bond acceptors (Lipinski definition) is 5. The summed E-state index contributed by atoms with van der Waals surface area (Å²) >= 11 is 0. The summed E-state index contributed by atoms with van der Waals surface area (Å²) in [6.45, 7) is 3.38. The molecule has 1 heterocycles. The number of urea groups is 1. The van der Waals surface area contributed by atoms with Gasteiger partial charge in [-0.1, -0.05) is 6.92 Å². The van der Waals surface area contributed by atoms with Crippen molar-refractivity contribution in [3.63, 3.8) is 0 Å². The Kier molecular flexibility index (Phi) is 5.04. The van der Waals surface area contributed by atoms with Crippen LogP contribution in [0.25, 0.3) is 0 Å². The van der Waals surface area contributed by atoms with E-state index in [0.29, 0.717) is 11.6 Å². The number of aromatic nitrogens is 2. The molecule has 3 N–H and O–H groups in total. The number of anilines is 1. The fraction of sp³-hybridized carbons (Fsp3) is 0.455. The lowest BCUT2D eigenvalue weighted by Gasteiger charge is -2.12. The molecule has 1 aromatic rings. The van der Waals surface area contributed by atoms with Crippen LogP contribution in [0.1, 0.15) is 19.0 Å². The Labute approximate surface area is 110 Å². The van der Waals surface area contributed by atoms with Crippen LogP contribution < -0.4 is 15.4 Å². The summed E-state index contributed by atoms with van der Waals surface area (Å²) in [7, 11) is 1.45. The normalized spacial score (nSPS) is 11.5. The highest BCUT2D eigenvalue weighted by Crippen LogP contribution is 2.10. The molecule has 0 spiro atoms. The molecule has 0 radical (unpaired) electrons. The summed E-state index contributed by atoms with van der Waals surface area (Å²) in [6.07, 6.45) is 0.279. The second-order valence-electron chi connectivity index (χ2n) is 3.77. The zero-order valence-corrected chi connectivity index (χ0v) is 10.9. The fourth-order valence-corrected chi connectivity index (χ4v) is 1.33. The van der Waals surface area contributed by atoms with E-state index >= 15 is 0 Å². The number of methoxy groups -OCH3 is 1. The van der Waals surface area contributed by atoms with Crippen LogP contribution in [0.2, 0.25) is 0 Å². The van der Waals surface area contributed by atoms with Crippen molar-refractivity contribution in [1.29, 1.82) is 0 Å². The highest BCUT2D eigenvalue weighted by molar-refractivity contribution is 5.90. The van der Waals surface area contributed by atoms with Crippen LogP contribution in [0.3, 0.4) is 0 Å². The SMILES string of the molecule is CC[C@@H](NC(=O)Nc1nc(C)cc(OC)n1)C(=O)O. The fourth-order valence-electron chi connectivity index (χ4n) is 1.33. The van der Waals surface area contributed by atoms with Crippen molar-refractivity contribution in [2.24, 2.45) is 0 Å². The zero-order valence-electron chi connectivity index (χ0n) is 10.9. The summed E-state index contributed by atoms with van der Waals surface area (Å²) in [4.78, 5) is 30.3. The molecule has 8 heteroatoms. The molecule has 0 fully saturated rings. The molecule has 1 atom stereocenters. The molecule has 8 nitrogen and oxygen atoms in total. The van der Waals surface area contributed by atoms with E-state index in [2.05, 4.69) is 20.6 Å². The van der Waals surface area contributed by atoms with E-state index in [0.717, 1.165) is 0 Å². The predicted molar refractivity (Wildman–Crippen MR) is 67.2 cm³/mol. The van der Waals surface area contributed by atoms with E-state index in [-0.39, 0.29) is 12.4 Å². The number of carboxylic acids is 1. The van der Waals surface area contributed by atoms with Gasteiger partial charge in [0.2, 0.25) is 11.8 Å². The van der Waals surface area contributed by atoms with Gasteiger partial charge in [0.05, 0.1) is 7.11 Å². The van der Waals surface area contributed by atoms with Crippen molar-refractivity contribution in [1.82, 2.24) is 15.3 Å². The first kappa shape index (κ1) is 14.7. The maximum Gasteiger partial charge on any atom is 0.326 e. The Morgan fingerprint density at radius 3 is 2.68 bits per heavy atom. The molecule has 0 bridgehead atoms. The van der Waals surface area contributed by atoms with Crippen LogP contribution >= 0.6 is 0 Å². The Bertz CT molecular complexity index is 478. The summed E-state index contributed by atoms with van der Waals surface area (Å²) < 4.78 is 4.94. The van der Waals surface area contributed by atoms with Crippen molar-refractivity contribution < 1.29 is 19.4 Å². The molecule has 1 aromatic heterocycles. The summed E-state index contributed by atoms with van der Waals surface area (Å²) in [5.41, 5.74) is 0.618. The molecular weight excluding hydrogens is 252 g/mol. The lowest BCUT2D eigenvalue weighted by Crippen LogP contribution is -2.42. The van der Waals surface area contributed by atoms with Crippen molar-refractivity contribution in [2.75, 3.05) is 12.4 Å². The van der Waals surface area contributed by atoms with Crippen LogP contribution in [-0.4, -0.2) is 40.2 Å². The van der Waals surface area contributed by atoms with Gasteiger partial charge in [0.1, 0.15) is 6.04 Å².